The Morgan fingerprint density at radius 3 is 2.03 bits per heavy atom. The lowest BCUT2D eigenvalue weighted by atomic mass is 10.2. The molecule has 0 fully saturated rings. The van der Waals surface area contributed by atoms with E-state index in [-0.39, 0.29) is 16.4 Å². The van der Waals surface area contributed by atoms with Gasteiger partial charge in [-0.25, -0.2) is 24.4 Å². The standard InChI is InChI=1S/C23H27ClN4O6/c1-12-25-11-17-18(28(20(30)33-22(2,3)4)21(31)34-23(5,6)7)26-15-10-14(24)13(19(29)32-8)9-16(15)27(12)17/h9-11H,1-8H3. The molecule has 0 unspecified atom stereocenters. The summed E-state index contributed by atoms with van der Waals surface area (Å²) in [6.07, 6.45) is -0.469. The van der Waals surface area contributed by atoms with Crippen LogP contribution in [-0.2, 0) is 14.2 Å². The quantitative estimate of drug-likeness (QED) is 0.351. The Kier molecular flexibility index (Phi) is 6.49. The van der Waals surface area contributed by atoms with E-state index >= 15 is 0 Å². The summed E-state index contributed by atoms with van der Waals surface area (Å²) in [7, 11) is 1.25. The first-order valence-corrected chi connectivity index (χ1v) is 10.8. The number of amides is 2. The van der Waals surface area contributed by atoms with Crippen LogP contribution in [0.2, 0.25) is 5.02 Å². The molecule has 10 nitrogen and oxygen atoms in total. The van der Waals surface area contributed by atoms with Gasteiger partial charge in [0.1, 0.15) is 22.5 Å². The lowest BCUT2D eigenvalue weighted by molar-refractivity contribution is 0.0428. The molecule has 0 N–H and O–H groups in total. The molecule has 0 spiro atoms. The zero-order valence-corrected chi connectivity index (χ0v) is 21.1. The number of imidazole rings is 1. The minimum Gasteiger partial charge on any atom is -0.465 e. The number of benzene rings is 1. The summed E-state index contributed by atoms with van der Waals surface area (Å²) < 4.78 is 17.4. The second-order valence-electron chi connectivity index (χ2n) is 9.57. The zero-order chi connectivity index (χ0) is 25.6. The van der Waals surface area contributed by atoms with E-state index in [0.29, 0.717) is 22.4 Å². The van der Waals surface area contributed by atoms with Crippen LogP contribution in [0.4, 0.5) is 15.4 Å². The van der Waals surface area contributed by atoms with Gasteiger partial charge in [-0.1, -0.05) is 11.6 Å². The van der Waals surface area contributed by atoms with Gasteiger partial charge >= 0.3 is 18.2 Å². The van der Waals surface area contributed by atoms with Crippen molar-refractivity contribution < 1.29 is 28.6 Å². The molecule has 182 valence electrons. The average Bonchev–Trinajstić information content (AvgIpc) is 3.06. The maximum atomic E-state index is 13.2. The number of fused-ring (bicyclic) bond motifs is 3. The molecule has 0 saturated carbocycles. The van der Waals surface area contributed by atoms with Gasteiger partial charge in [-0.2, -0.15) is 4.90 Å². The SMILES string of the molecule is COC(=O)c1cc2c(cc1Cl)nc(N(C(=O)OC(C)(C)C)C(=O)OC(C)(C)C)c1cnc(C)n12. The highest BCUT2D eigenvalue weighted by atomic mass is 35.5. The zero-order valence-electron chi connectivity index (χ0n) is 20.3. The van der Waals surface area contributed by atoms with Crippen molar-refractivity contribution in [2.75, 3.05) is 12.0 Å². The van der Waals surface area contributed by atoms with Crippen molar-refractivity contribution in [3.05, 3.63) is 34.7 Å². The Hall–Kier alpha value is -3.40. The van der Waals surface area contributed by atoms with Crippen molar-refractivity contribution in [3.8, 4) is 0 Å². The predicted molar refractivity (Wildman–Crippen MR) is 127 cm³/mol. The van der Waals surface area contributed by atoms with Crippen LogP contribution in [0.3, 0.4) is 0 Å². The molecule has 0 atom stereocenters. The van der Waals surface area contributed by atoms with E-state index < -0.39 is 29.4 Å². The third-order valence-corrected chi connectivity index (χ3v) is 4.78. The van der Waals surface area contributed by atoms with E-state index in [1.165, 1.54) is 25.4 Å². The smallest absolute Gasteiger partial charge is 0.425 e. The molecular weight excluding hydrogens is 464 g/mol. The molecule has 0 saturated heterocycles. The number of methoxy groups -OCH3 is 1. The first-order chi connectivity index (χ1) is 15.6. The number of aromatic nitrogens is 3. The molecule has 2 aromatic heterocycles. The monoisotopic (exact) mass is 490 g/mol. The van der Waals surface area contributed by atoms with E-state index in [1.54, 1.807) is 52.9 Å². The van der Waals surface area contributed by atoms with Crippen molar-refractivity contribution in [1.82, 2.24) is 14.4 Å². The number of halogens is 1. The van der Waals surface area contributed by atoms with Crippen LogP contribution in [0.1, 0.15) is 57.7 Å². The first-order valence-electron chi connectivity index (χ1n) is 10.4. The number of hydrogen-bond donors (Lipinski definition) is 0. The van der Waals surface area contributed by atoms with Crippen molar-refractivity contribution in [2.24, 2.45) is 0 Å². The number of carbonyl (C=O) groups excluding carboxylic acids is 3. The molecule has 11 heteroatoms. The summed E-state index contributed by atoms with van der Waals surface area (Å²) in [6, 6.07) is 2.97. The van der Waals surface area contributed by atoms with Crippen LogP contribution in [0.25, 0.3) is 16.6 Å². The van der Waals surface area contributed by atoms with Crippen molar-refractivity contribution in [1.29, 1.82) is 0 Å². The van der Waals surface area contributed by atoms with Gasteiger partial charge in [0.05, 0.1) is 34.9 Å². The van der Waals surface area contributed by atoms with Gasteiger partial charge in [-0.3, -0.25) is 4.40 Å². The number of anilines is 1. The fraction of sp³-hybridized carbons (Fsp3) is 0.435. The minimum atomic E-state index is -0.966. The lowest BCUT2D eigenvalue weighted by Crippen LogP contribution is -2.44. The number of ether oxygens (including phenoxy) is 3. The molecule has 0 aliphatic rings. The van der Waals surface area contributed by atoms with E-state index in [2.05, 4.69) is 9.97 Å². The highest BCUT2D eigenvalue weighted by Crippen LogP contribution is 2.31. The maximum absolute atomic E-state index is 13.2. The van der Waals surface area contributed by atoms with Crippen LogP contribution in [-0.4, -0.2) is 50.8 Å². The van der Waals surface area contributed by atoms with Crippen LogP contribution in [0.15, 0.2) is 18.3 Å². The van der Waals surface area contributed by atoms with Gasteiger partial charge in [-0.15, -0.1) is 0 Å². The molecule has 3 aromatic rings. The first kappa shape index (κ1) is 25.2. The fourth-order valence-electron chi connectivity index (χ4n) is 3.19. The molecule has 2 amide bonds. The van der Waals surface area contributed by atoms with Crippen LogP contribution in [0.5, 0.6) is 0 Å². The van der Waals surface area contributed by atoms with Crippen molar-refractivity contribution >= 4 is 52.1 Å². The number of nitrogens with zero attached hydrogens (tertiary/aromatic N) is 4. The molecule has 0 aliphatic heterocycles. The number of esters is 1. The number of imide groups is 1. The summed E-state index contributed by atoms with van der Waals surface area (Å²) in [5.41, 5.74) is -0.541. The topological polar surface area (TPSA) is 112 Å². The summed E-state index contributed by atoms with van der Waals surface area (Å²) in [5.74, 6) is -0.153. The number of carbonyl (C=O) groups is 3. The van der Waals surface area contributed by atoms with Gasteiger partial charge in [0, 0.05) is 0 Å². The Morgan fingerprint density at radius 2 is 1.53 bits per heavy atom. The molecular formula is C23H27ClN4O6. The van der Waals surface area contributed by atoms with Gasteiger partial charge in [0.25, 0.3) is 0 Å². The number of aryl methyl sites for hydroxylation is 1. The number of rotatable bonds is 2. The second-order valence-corrected chi connectivity index (χ2v) is 9.98. The highest BCUT2D eigenvalue weighted by molar-refractivity contribution is 6.34. The summed E-state index contributed by atoms with van der Waals surface area (Å²) in [5, 5.41) is 0.0935. The van der Waals surface area contributed by atoms with Gasteiger partial charge in [0.2, 0.25) is 0 Å². The highest BCUT2D eigenvalue weighted by Gasteiger charge is 2.35. The molecule has 2 heterocycles. The Labute approximate surface area is 201 Å². The average molecular weight is 491 g/mol. The fourth-order valence-corrected chi connectivity index (χ4v) is 3.43. The van der Waals surface area contributed by atoms with Crippen LogP contribution >= 0.6 is 11.6 Å². The van der Waals surface area contributed by atoms with Crippen LogP contribution in [0, 0.1) is 6.92 Å². The van der Waals surface area contributed by atoms with Crippen LogP contribution < -0.4 is 4.90 Å². The van der Waals surface area contributed by atoms with E-state index in [4.69, 9.17) is 25.8 Å². The van der Waals surface area contributed by atoms with Gasteiger partial charge < -0.3 is 14.2 Å². The summed E-state index contributed by atoms with van der Waals surface area (Å²) >= 11 is 6.31. The summed E-state index contributed by atoms with van der Waals surface area (Å²) in [4.78, 5) is 48.1. The van der Waals surface area contributed by atoms with Gasteiger partial charge in [-0.05, 0) is 60.6 Å². The molecule has 34 heavy (non-hydrogen) atoms. The Bertz CT molecular complexity index is 1270. The predicted octanol–water partition coefficient (Wildman–Crippen LogP) is 5.31. The Morgan fingerprint density at radius 1 is 0.971 bits per heavy atom. The molecule has 3 rings (SSSR count). The molecule has 1 aromatic carbocycles. The van der Waals surface area contributed by atoms with Crippen molar-refractivity contribution in [3.63, 3.8) is 0 Å². The maximum Gasteiger partial charge on any atom is 0.425 e. The third kappa shape index (κ3) is 5.06. The van der Waals surface area contributed by atoms with E-state index in [9.17, 15) is 14.4 Å². The third-order valence-electron chi connectivity index (χ3n) is 4.47. The normalized spacial score (nSPS) is 12.0. The van der Waals surface area contributed by atoms with Crippen molar-refractivity contribution in [2.45, 2.75) is 59.7 Å². The Balaban J connectivity index is 2.33. The summed E-state index contributed by atoms with van der Waals surface area (Å²) in [6.45, 7) is 11.8. The number of hydrogen-bond acceptors (Lipinski definition) is 8. The lowest BCUT2D eigenvalue weighted by Gasteiger charge is -2.28. The minimum absolute atomic E-state index is 0.0570. The second kappa shape index (κ2) is 8.75. The molecule has 0 bridgehead atoms. The molecule has 0 aliphatic carbocycles. The van der Waals surface area contributed by atoms with E-state index in [1.807, 2.05) is 0 Å². The largest absolute Gasteiger partial charge is 0.465 e. The molecule has 0 radical (unpaired) electrons. The van der Waals surface area contributed by atoms with E-state index in [0.717, 1.165) is 4.90 Å². The van der Waals surface area contributed by atoms with Gasteiger partial charge in [0.15, 0.2) is 5.82 Å².